The summed E-state index contributed by atoms with van der Waals surface area (Å²) >= 11 is 0. The maximum absolute atomic E-state index is 5.65. The summed E-state index contributed by atoms with van der Waals surface area (Å²) < 4.78 is 11.2. The fourth-order valence-electron chi connectivity index (χ4n) is 2.89. The summed E-state index contributed by atoms with van der Waals surface area (Å²) in [5.74, 6) is 1.47. The van der Waals surface area contributed by atoms with Crippen LogP contribution < -0.4 is 0 Å². The quantitative estimate of drug-likeness (QED) is 0.302. The molecule has 134 valence electrons. The van der Waals surface area contributed by atoms with Gasteiger partial charge < -0.3 is 9.05 Å². The zero-order valence-corrected chi connectivity index (χ0v) is 17.3. The molecule has 0 radical (unpaired) electrons. The average Bonchev–Trinajstić information content (AvgIpc) is 2.70. The van der Waals surface area contributed by atoms with Crippen molar-refractivity contribution < 1.29 is 9.05 Å². The number of allylic oxidation sites excluding steroid dienone is 9. The predicted octanol–water partition coefficient (Wildman–Crippen LogP) is 6.56. The molecule has 2 nitrogen and oxygen atoms in total. The van der Waals surface area contributed by atoms with Gasteiger partial charge in [0, 0.05) is 11.1 Å². The van der Waals surface area contributed by atoms with Gasteiger partial charge in [0.25, 0.3) is 0 Å². The molecule has 0 N–H and O–H groups in total. The highest BCUT2D eigenvalue weighted by Gasteiger charge is 2.22. The van der Waals surface area contributed by atoms with Crippen LogP contribution in [0.4, 0.5) is 0 Å². The molecular formula is C22H24O2P2. The van der Waals surface area contributed by atoms with E-state index in [-0.39, 0.29) is 0 Å². The second kappa shape index (κ2) is 10.1. The smallest absolute Gasteiger partial charge is 0.130 e. The van der Waals surface area contributed by atoms with Gasteiger partial charge in [-0.05, 0) is 36.1 Å². The zero-order valence-electron chi connectivity index (χ0n) is 14.9. The summed E-state index contributed by atoms with van der Waals surface area (Å²) in [5.41, 5.74) is 5.12. The van der Waals surface area contributed by atoms with Gasteiger partial charge in [0.2, 0.25) is 0 Å². The molecule has 0 aliphatic heterocycles. The molecule has 0 fully saturated rings. The van der Waals surface area contributed by atoms with E-state index < -0.39 is 0 Å². The molecule has 0 aromatic heterocycles. The number of hydrogen-bond acceptors (Lipinski definition) is 2. The summed E-state index contributed by atoms with van der Waals surface area (Å²) in [4.78, 5) is 0. The molecule has 1 aliphatic carbocycles. The van der Waals surface area contributed by atoms with Crippen LogP contribution in [0, 0.1) is 0 Å². The maximum Gasteiger partial charge on any atom is 0.130 e. The monoisotopic (exact) mass is 382 g/mol. The van der Waals surface area contributed by atoms with Crippen molar-refractivity contribution in [3.8, 4) is 0 Å². The van der Waals surface area contributed by atoms with E-state index >= 15 is 0 Å². The first kappa shape index (κ1) is 20.2. The van der Waals surface area contributed by atoms with Crippen LogP contribution in [-0.2, 0) is 9.05 Å². The topological polar surface area (TPSA) is 18.5 Å². The van der Waals surface area contributed by atoms with Gasteiger partial charge in [-0.2, -0.15) is 0 Å². The molecule has 1 aromatic carbocycles. The van der Waals surface area contributed by atoms with Gasteiger partial charge in [-0.15, -0.1) is 0 Å². The molecule has 0 saturated heterocycles. The molecule has 0 heterocycles. The summed E-state index contributed by atoms with van der Waals surface area (Å²) in [7, 11) is 4.66. The van der Waals surface area contributed by atoms with Gasteiger partial charge in [0.05, 0.1) is 18.9 Å². The van der Waals surface area contributed by atoms with Crippen molar-refractivity contribution in [1.29, 1.82) is 0 Å². The molecule has 2 unspecified atom stereocenters. The Hall–Kier alpha value is -2.14. The lowest BCUT2D eigenvalue weighted by molar-refractivity contribution is 0.495. The SMILES string of the molecule is C=C\C=C(OP)/C(C(=C(/C)OP)/c1ccccc1C=C)=C1/C=CC=CC1. The molecule has 0 amide bonds. The first-order chi connectivity index (χ1) is 12.7. The Morgan fingerprint density at radius 1 is 1.12 bits per heavy atom. The van der Waals surface area contributed by atoms with E-state index in [1.54, 1.807) is 6.08 Å². The molecule has 0 bridgehead atoms. The molecule has 1 aliphatic rings. The van der Waals surface area contributed by atoms with Gasteiger partial charge in [-0.3, -0.25) is 0 Å². The molecule has 2 rings (SSSR count). The third-order valence-electron chi connectivity index (χ3n) is 4.07. The Labute approximate surface area is 160 Å². The minimum Gasteiger partial charge on any atom is -0.484 e. The standard InChI is InChI=1S/C22H24O2P2/c1-4-11-20(24-26)22(18-13-7-6-8-14-18)21(16(3)23-25)19-15-10-9-12-17(19)5-2/h4-13,15H,1-2,14,25-26H2,3H3/b20-11+,21-16-,22-18+. The van der Waals surface area contributed by atoms with Gasteiger partial charge in [-0.1, -0.05) is 73.9 Å². The Morgan fingerprint density at radius 2 is 1.88 bits per heavy atom. The largest absolute Gasteiger partial charge is 0.484 e. The van der Waals surface area contributed by atoms with Gasteiger partial charge >= 0.3 is 0 Å². The van der Waals surface area contributed by atoms with Crippen molar-refractivity contribution in [2.75, 3.05) is 0 Å². The van der Waals surface area contributed by atoms with Crippen molar-refractivity contribution >= 4 is 30.6 Å². The van der Waals surface area contributed by atoms with Crippen LogP contribution in [0.1, 0.15) is 24.5 Å². The Bertz CT molecular complexity index is 839. The lowest BCUT2D eigenvalue weighted by atomic mass is 9.86. The van der Waals surface area contributed by atoms with Crippen LogP contribution in [0.5, 0.6) is 0 Å². The molecule has 4 heteroatoms. The minimum atomic E-state index is 0.704. The van der Waals surface area contributed by atoms with Gasteiger partial charge in [0.15, 0.2) is 0 Å². The van der Waals surface area contributed by atoms with Gasteiger partial charge in [0.1, 0.15) is 11.5 Å². The highest BCUT2D eigenvalue weighted by atomic mass is 31.0. The third kappa shape index (κ3) is 4.52. The second-order valence-electron chi connectivity index (χ2n) is 5.62. The van der Waals surface area contributed by atoms with E-state index in [9.17, 15) is 0 Å². The van der Waals surface area contributed by atoms with Crippen LogP contribution in [0.25, 0.3) is 11.6 Å². The van der Waals surface area contributed by atoms with E-state index in [1.807, 2.05) is 49.4 Å². The van der Waals surface area contributed by atoms with Crippen molar-refractivity contribution in [2.45, 2.75) is 13.3 Å². The Kier molecular flexibility index (Phi) is 7.85. The average molecular weight is 382 g/mol. The fraction of sp³-hybridized carbons (Fsp3) is 0.0909. The highest BCUT2D eigenvalue weighted by Crippen LogP contribution is 2.39. The van der Waals surface area contributed by atoms with Crippen LogP contribution in [0.15, 0.2) is 96.5 Å². The van der Waals surface area contributed by atoms with E-state index in [2.05, 4.69) is 50.3 Å². The van der Waals surface area contributed by atoms with Crippen molar-refractivity contribution in [3.05, 3.63) is 108 Å². The first-order valence-electron chi connectivity index (χ1n) is 8.23. The lowest BCUT2D eigenvalue weighted by Gasteiger charge is -2.22. The number of benzene rings is 1. The van der Waals surface area contributed by atoms with Crippen LogP contribution >= 0.6 is 18.9 Å². The fourth-order valence-corrected chi connectivity index (χ4v) is 3.21. The van der Waals surface area contributed by atoms with Crippen LogP contribution in [-0.4, -0.2) is 0 Å². The van der Waals surface area contributed by atoms with Crippen molar-refractivity contribution in [2.24, 2.45) is 0 Å². The molecule has 0 saturated carbocycles. The summed E-state index contributed by atoms with van der Waals surface area (Å²) in [6.07, 6.45) is 14.5. The Morgan fingerprint density at radius 3 is 2.46 bits per heavy atom. The molecule has 26 heavy (non-hydrogen) atoms. The lowest BCUT2D eigenvalue weighted by Crippen LogP contribution is -2.04. The first-order valence-corrected chi connectivity index (χ1v) is 9.18. The normalized spacial score (nSPS) is 16.7. The highest BCUT2D eigenvalue weighted by molar-refractivity contribution is 7.10. The van der Waals surface area contributed by atoms with E-state index in [4.69, 9.17) is 9.05 Å². The summed E-state index contributed by atoms with van der Waals surface area (Å²) in [5, 5.41) is 0. The van der Waals surface area contributed by atoms with E-state index in [0.29, 0.717) is 5.76 Å². The molecule has 1 aromatic rings. The third-order valence-corrected chi connectivity index (χ3v) is 4.68. The molecular weight excluding hydrogens is 358 g/mol. The number of rotatable bonds is 7. The molecule has 0 spiro atoms. The van der Waals surface area contributed by atoms with E-state index in [1.165, 1.54) is 0 Å². The Balaban J connectivity index is 2.87. The second-order valence-corrected chi connectivity index (χ2v) is 6.09. The predicted molar refractivity (Wildman–Crippen MR) is 119 cm³/mol. The van der Waals surface area contributed by atoms with Crippen LogP contribution in [0.2, 0.25) is 0 Å². The summed E-state index contributed by atoms with van der Waals surface area (Å²) in [6.45, 7) is 9.72. The van der Waals surface area contributed by atoms with E-state index in [0.717, 1.165) is 40.0 Å². The minimum absolute atomic E-state index is 0.704. The maximum atomic E-state index is 5.65. The van der Waals surface area contributed by atoms with Crippen LogP contribution in [0.3, 0.4) is 0 Å². The van der Waals surface area contributed by atoms with Crippen molar-refractivity contribution in [3.63, 3.8) is 0 Å². The van der Waals surface area contributed by atoms with Crippen molar-refractivity contribution in [1.82, 2.24) is 0 Å². The van der Waals surface area contributed by atoms with Gasteiger partial charge in [-0.25, -0.2) is 0 Å². The molecule has 2 atom stereocenters. The summed E-state index contributed by atoms with van der Waals surface area (Å²) in [6, 6.07) is 8.11. The zero-order chi connectivity index (χ0) is 18.9. The number of hydrogen-bond donors (Lipinski definition) is 0.